The van der Waals surface area contributed by atoms with Crippen molar-refractivity contribution in [1.29, 1.82) is 0 Å². The molecule has 2 aromatic heterocycles. The summed E-state index contributed by atoms with van der Waals surface area (Å²) in [5, 5.41) is 24.9. The van der Waals surface area contributed by atoms with E-state index in [0.717, 1.165) is 61.9 Å². The molecule has 36 heavy (non-hydrogen) atoms. The van der Waals surface area contributed by atoms with Crippen LogP contribution in [0.15, 0.2) is 23.6 Å². The fourth-order valence-electron chi connectivity index (χ4n) is 5.45. The van der Waals surface area contributed by atoms with Gasteiger partial charge in [0.05, 0.1) is 22.4 Å². The Hall–Kier alpha value is -3.16. The summed E-state index contributed by atoms with van der Waals surface area (Å²) < 4.78 is 12.8. The van der Waals surface area contributed by atoms with Crippen LogP contribution in [-0.4, -0.2) is 33.4 Å². The number of hydrogen-bond donors (Lipinski definition) is 2. The summed E-state index contributed by atoms with van der Waals surface area (Å²) in [4.78, 5) is 17.3. The van der Waals surface area contributed by atoms with E-state index in [0.29, 0.717) is 23.3 Å². The Labute approximate surface area is 214 Å². The fraction of sp³-hybridized carbons (Fsp3) is 0.379. The summed E-state index contributed by atoms with van der Waals surface area (Å²) in [6.07, 6.45) is 0.654. The average Bonchev–Trinajstić information content (AvgIpc) is 3.31. The number of aliphatic carboxylic acids is 1. The number of fused-ring (bicyclic) bond motifs is 4. The van der Waals surface area contributed by atoms with Crippen LogP contribution in [0.5, 0.6) is 11.6 Å². The second-order valence-electron chi connectivity index (χ2n) is 10.5. The Morgan fingerprint density at radius 1 is 1.14 bits per heavy atom. The van der Waals surface area contributed by atoms with Crippen molar-refractivity contribution in [2.75, 3.05) is 6.61 Å². The molecule has 1 aliphatic heterocycles. The minimum atomic E-state index is -1.21. The van der Waals surface area contributed by atoms with Gasteiger partial charge in [0.25, 0.3) is 0 Å². The Morgan fingerprint density at radius 2 is 1.89 bits per heavy atom. The summed E-state index contributed by atoms with van der Waals surface area (Å²) in [5.41, 5.74) is 6.16. The van der Waals surface area contributed by atoms with E-state index in [2.05, 4.69) is 11.9 Å². The first-order valence-corrected chi connectivity index (χ1v) is 13.1. The zero-order valence-electron chi connectivity index (χ0n) is 21.5. The minimum Gasteiger partial charge on any atom is -0.493 e. The number of benzene rings is 2. The normalized spacial score (nSPS) is 14.6. The van der Waals surface area contributed by atoms with Crippen LogP contribution < -0.4 is 4.74 Å². The zero-order chi connectivity index (χ0) is 25.9. The van der Waals surface area contributed by atoms with Gasteiger partial charge in [0.2, 0.25) is 5.88 Å². The van der Waals surface area contributed by atoms with Crippen molar-refractivity contribution in [1.82, 2.24) is 4.98 Å². The first-order valence-electron chi connectivity index (χ1n) is 12.2. The second-order valence-corrected chi connectivity index (χ2v) is 11.4. The van der Waals surface area contributed by atoms with Gasteiger partial charge in [0.1, 0.15) is 5.75 Å². The molecular formula is C29H31NO5S. The highest BCUT2D eigenvalue weighted by molar-refractivity contribution is 7.17. The van der Waals surface area contributed by atoms with Gasteiger partial charge in [0.15, 0.2) is 6.10 Å². The number of rotatable bonds is 4. The molecule has 0 saturated carbocycles. The summed E-state index contributed by atoms with van der Waals surface area (Å²) >= 11 is 1.44. The Bertz CT molecular complexity index is 1530. The maximum atomic E-state index is 12.7. The van der Waals surface area contributed by atoms with Crippen LogP contribution in [0.2, 0.25) is 0 Å². The number of aromatic nitrogens is 1. The number of nitrogens with zero attached hydrogens (tertiary/aromatic N) is 1. The smallest absolute Gasteiger partial charge is 0.337 e. The molecule has 0 unspecified atom stereocenters. The quantitative estimate of drug-likeness (QED) is 0.310. The summed E-state index contributed by atoms with van der Waals surface area (Å²) in [7, 11) is 0. The van der Waals surface area contributed by atoms with Crippen LogP contribution in [0.3, 0.4) is 0 Å². The van der Waals surface area contributed by atoms with E-state index in [1.165, 1.54) is 11.3 Å². The lowest BCUT2D eigenvalue weighted by molar-refractivity contribution is -0.160. The molecule has 6 nitrogen and oxygen atoms in total. The number of aryl methyl sites for hydroxylation is 2. The van der Waals surface area contributed by atoms with Crippen molar-refractivity contribution in [3.05, 3.63) is 51.4 Å². The van der Waals surface area contributed by atoms with Crippen molar-refractivity contribution < 1.29 is 24.5 Å². The fourth-order valence-corrected chi connectivity index (χ4v) is 6.24. The number of carboxylic acids is 1. The lowest BCUT2D eigenvalue weighted by Gasteiger charge is -2.30. The summed E-state index contributed by atoms with van der Waals surface area (Å²) in [6, 6.07) is 6.02. The number of carbonyl (C=O) groups is 1. The standard InChI is InChI=1S/C29H31NO5S/c1-14-17-8-7-12-34-20(17)10-9-18(14)21-15(2)22-19-11-13-36-26(19)27(31)30-24(22)16(3)23(21)25(28(32)33)35-29(4,5)6/h9-11,13,25H,7-8,12H2,1-6H3,(H,30,31)(H,32,33)/t25-/m0/s1. The van der Waals surface area contributed by atoms with E-state index in [9.17, 15) is 15.0 Å². The SMILES string of the molecule is Cc1c(-c2c([C@H](OC(C)(C)C)C(=O)O)c(C)c3nc(O)c4sccc4c3c2C)ccc2c1CCCO2. The largest absolute Gasteiger partial charge is 0.493 e. The van der Waals surface area contributed by atoms with E-state index >= 15 is 0 Å². The maximum absolute atomic E-state index is 12.7. The number of carboxylic acid groups (broad SMARTS) is 1. The first kappa shape index (κ1) is 24.5. The van der Waals surface area contributed by atoms with Crippen molar-refractivity contribution in [2.24, 2.45) is 0 Å². The van der Waals surface area contributed by atoms with Crippen LogP contribution in [0.1, 0.15) is 61.1 Å². The van der Waals surface area contributed by atoms with E-state index in [4.69, 9.17) is 9.47 Å². The van der Waals surface area contributed by atoms with Gasteiger partial charge in [-0.3, -0.25) is 0 Å². The van der Waals surface area contributed by atoms with Gasteiger partial charge in [-0.15, -0.1) is 11.3 Å². The van der Waals surface area contributed by atoms with Gasteiger partial charge in [-0.1, -0.05) is 6.07 Å². The van der Waals surface area contributed by atoms with Gasteiger partial charge in [0, 0.05) is 16.3 Å². The monoisotopic (exact) mass is 505 g/mol. The Kier molecular flexibility index (Phi) is 5.96. The van der Waals surface area contributed by atoms with E-state index in [1.54, 1.807) is 0 Å². The summed E-state index contributed by atoms with van der Waals surface area (Å²) in [6.45, 7) is 12.2. The third-order valence-electron chi connectivity index (χ3n) is 6.98. The van der Waals surface area contributed by atoms with Crippen LogP contribution in [0.25, 0.3) is 32.1 Å². The topological polar surface area (TPSA) is 88.9 Å². The molecule has 0 aliphatic carbocycles. The molecule has 0 amide bonds. The van der Waals surface area contributed by atoms with E-state index < -0.39 is 17.7 Å². The van der Waals surface area contributed by atoms with E-state index in [-0.39, 0.29) is 5.88 Å². The maximum Gasteiger partial charge on any atom is 0.337 e. The van der Waals surface area contributed by atoms with Crippen molar-refractivity contribution in [3.8, 4) is 22.8 Å². The predicted molar refractivity (Wildman–Crippen MR) is 143 cm³/mol. The van der Waals surface area contributed by atoms with Crippen LogP contribution in [0.4, 0.5) is 0 Å². The Morgan fingerprint density at radius 3 is 2.58 bits per heavy atom. The number of thiophene rings is 1. The van der Waals surface area contributed by atoms with Gasteiger partial charge in [-0.25, -0.2) is 9.78 Å². The molecule has 7 heteroatoms. The molecule has 2 aromatic carbocycles. The highest BCUT2D eigenvalue weighted by Gasteiger charge is 2.34. The number of aromatic hydroxyl groups is 1. The van der Waals surface area contributed by atoms with E-state index in [1.807, 2.05) is 58.2 Å². The molecule has 4 aromatic rings. The molecular weight excluding hydrogens is 474 g/mol. The first-order chi connectivity index (χ1) is 17.0. The molecule has 1 atom stereocenters. The molecule has 0 saturated heterocycles. The second kappa shape index (κ2) is 8.75. The lowest BCUT2D eigenvalue weighted by Crippen LogP contribution is -2.28. The van der Waals surface area contributed by atoms with Crippen LogP contribution >= 0.6 is 11.3 Å². The molecule has 0 radical (unpaired) electrons. The number of hydrogen-bond acceptors (Lipinski definition) is 6. The predicted octanol–water partition coefficient (Wildman–Crippen LogP) is 7.01. The highest BCUT2D eigenvalue weighted by Crippen LogP contribution is 2.47. The molecule has 0 fully saturated rings. The van der Waals surface area contributed by atoms with Crippen LogP contribution in [0, 0.1) is 20.8 Å². The van der Waals surface area contributed by atoms with Gasteiger partial charge < -0.3 is 19.7 Å². The molecule has 188 valence electrons. The molecule has 2 N–H and O–H groups in total. The zero-order valence-corrected chi connectivity index (χ0v) is 22.3. The number of pyridine rings is 1. The molecule has 0 spiro atoms. The van der Waals surface area contributed by atoms with Gasteiger partial charge >= 0.3 is 5.97 Å². The lowest BCUT2D eigenvalue weighted by atomic mass is 9.82. The molecule has 3 heterocycles. The molecule has 5 rings (SSSR count). The van der Waals surface area contributed by atoms with Crippen molar-refractivity contribution in [2.45, 2.75) is 66.1 Å². The third kappa shape index (κ3) is 3.91. The van der Waals surface area contributed by atoms with Crippen molar-refractivity contribution in [3.63, 3.8) is 0 Å². The van der Waals surface area contributed by atoms with Gasteiger partial charge in [-0.05, 0) is 105 Å². The van der Waals surface area contributed by atoms with Gasteiger partial charge in [-0.2, -0.15) is 0 Å². The molecule has 0 bridgehead atoms. The highest BCUT2D eigenvalue weighted by atomic mass is 32.1. The van der Waals surface area contributed by atoms with Crippen molar-refractivity contribution >= 4 is 38.3 Å². The molecule has 1 aliphatic rings. The number of ether oxygens (including phenoxy) is 2. The van der Waals surface area contributed by atoms with Crippen LogP contribution in [-0.2, 0) is 16.0 Å². The third-order valence-corrected chi connectivity index (χ3v) is 7.89. The Balaban J connectivity index is 1.95. The minimum absolute atomic E-state index is 0.0422. The summed E-state index contributed by atoms with van der Waals surface area (Å²) in [5.74, 6) is -0.209. The average molecular weight is 506 g/mol.